The van der Waals surface area contributed by atoms with Crippen LogP contribution in [0.5, 0.6) is 0 Å². The molecule has 0 radical (unpaired) electrons. The summed E-state index contributed by atoms with van der Waals surface area (Å²) in [5.74, 6) is 0. The minimum absolute atomic E-state index is 0.0302. The Morgan fingerprint density at radius 3 is 2.62 bits per heavy atom. The second-order valence-corrected chi connectivity index (χ2v) is 4.00. The van der Waals surface area contributed by atoms with Crippen molar-refractivity contribution in [1.82, 2.24) is 9.55 Å². The van der Waals surface area contributed by atoms with Crippen LogP contribution in [0.4, 0.5) is 0 Å². The van der Waals surface area contributed by atoms with Crippen molar-refractivity contribution < 1.29 is 0 Å². The zero-order valence-corrected chi connectivity index (χ0v) is 9.42. The average molecular weight is 214 g/mol. The van der Waals surface area contributed by atoms with Gasteiger partial charge in [0.1, 0.15) is 0 Å². The van der Waals surface area contributed by atoms with E-state index in [-0.39, 0.29) is 11.6 Å². The van der Waals surface area contributed by atoms with Crippen LogP contribution in [0.3, 0.4) is 0 Å². The van der Waals surface area contributed by atoms with Gasteiger partial charge >= 0.3 is 0 Å². The summed E-state index contributed by atoms with van der Waals surface area (Å²) in [6, 6.07) is 7.47. The Morgan fingerprint density at radius 2 is 2.00 bits per heavy atom. The lowest BCUT2D eigenvalue weighted by molar-refractivity contribution is 0.579. The third-order valence-electron chi connectivity index (χ3n) is 2.49. The first-order valence-electron chi connectivity index (χ1n) is 5.31. The fourth-order valence-corrected chi connectivity index (χ4v) is 1.61. The molecule has 2 aromatic rings. The Bertz CT molecular complexity index is 529. The Morgan fingerprint density at radius 1 is 1.19 bits per heavy atom. The summed E-state index contributed by atoms with van der Waals surface area (Å²) in [6.07, 6.45) is 5.41. The molecule has 0 spiro atoms. The molecule has 0 fully saturated rings. The molecule has 2 heterocycles. The first-order chi connectivity index (χ1) is 7.68. The first-order valence-corrected chi connectivity index (χ1v) is 5.31. The van der Waals surface area contributed by atoms with E-state index in [2.05, 4.69) is 4.98 Å². The highest BCUT2D eigenvalue weighted by molar-refractivity contribution is 5.60. The number of hydrogen-bond donors (Lipinski definition) is 0. The molecule has 0 aliphatic carbocycles. The first kappa shape index (κ1) is 10.6. The van der Waals surface area contributed by atoms with Crippen LogP contribution in [0.15, 0.2) is 47.7 Å². The van der Waals surface area contributed by atoms with Crippen LogP contribution in [0.1, 0.15) is 19.9 Å². The van der Waals surface area contributed by atoms with E-state index in [4.69, 9.17) is 0 Å². The van der Waals surface area contributed by atoms with Crippen molar-refractivity contribution >= 4 is 0 Å². The molecule has 0 aliphatic heterocycles. The van der Waals surface area contributed by atoms with Gasteiger partial charge in [-0.3, -0.25) is 9.78 Å². The molecule has 0 unspecified atom stereocenters. The molecule has 0 aliphatic rings. The fourth-order valence-electron chi connectivity index (χ4n) is 1.61. The Hall–Kier alpha value is -1.90. The van der Waals surface area contributed by atoms with Crippen molar-refractivity contribution in [3.8, 4) is 11.1 Å². The summed E-state index contributed by atoms with van der Waals surface area (Å²) in [5, 5.41) is 0. The average Bonchev–Trinajstić information content (AvgIpc) is 2.30. The highest BCUT2D eigenvalue weighted by Crippen LogP contribution is 2.16. The molecular weight excluding hydrogens is 200 g/mol. The lowest BCUT2D eigenvalue weighted by Gasteiger charge is -2.11. The van der Waals surface area contributed by atoms with Gasteiger partial charge in [-0.25, -0.2) is 0 Å². The van der Waals surface area contributed by atoms with E-state index in [1.165, 1.54) is 0 Å². The monoisotopic (exact) mass is 214 g/mol. The van der Waals surface area contributed by atoms with Gasteiger partial charge in [0.25, 0.3) is 5.56 Å². The second-order valence-electron chi connectivity index (χ2n) is 4.00. The van der Waals surface area contributed by atoms with E-state index in [0.717, 1.165) is 11.1 Å². The minimum Gasteiger partial charge on any atom is -0.312 e. The highest BCUT2D eigenvalue weighted by Gasteiger charge is 2.03. The summed E-state index contributed by atoms with van der Waals surface area (Å²) >= 11 is 0. The number of aromatic nitrogens is 2. The van der Waals surface area contributed by atoms with Crippen LogP contribution in [-0.4, -0.2) is 9.55 Å². The van der Waals surface area contributed by atoms with Crippen LogP contribution in [0.2, 0.25) is 0 Å². The molecule has 0 bridgehead atoms. The smallest absolute Gasteiger partial charge is 0.250 e. The SMILES string of the molecule is CC(C)n1cc(-c2cccnc2)ccc1=O. The molecular formula is C13H14N2O. The summed E-state index contributed by atoms with van der Waals surface area (Å²) in [6.45, 7) is 3.99. The molecule has 2 rings (SSSR count). The highest BCUT2D eigenvalue weighted by atomic mass is 16.1. The molecule has 3 nitrogen and oxygen atoms in total. The Balaban J connectivity index is 2.52. The van der Waals surface area contributed by atoms with E-state index in [0.29, 0.717) is 0 Å². The third-order valence-corrected chi connectivity index (χ3v) is 2.49. The fraction of sp³-hybridized carbons (Fsp3) is 0.231. The lowest BCUT2D eigenvalue weighted by Crippen LogP contribution is -2.20. The molecule has 0 aromatic carbocycles. The van der Waals surface area contributed by atoms with Gasteiger partial charge in [0.05, 0.1) is 0 Å². The number of nitrogens with zero attached hydrogens (tertiary/aromatic N) is 2. The van der Waals surface area contributed by atoms with Crippen molar-refractivity contribution in [2.24, 2.45) is 0 Å². The standard InChI is InChI=1S/C13H14N2O/c1-10(2)15-9-12(5-6-13(15)16)11-4-3-7-14-8-11/h3-10H,1-2H3. The van der Waals surface area contributed by atoms with E-state index in [1.54, 1.807) is 23.0 Å². The van der Waals surface area contributed by atoms with Crippen LogP contribution in [0, 0.1) is 0 Å². The largest absolute Gasteiger partial charge is 0.312 e. The number of hydrogen-bond acceptors (Lipinski definition) is 2. The van der Waals surface area contributed by atoms with Gasteiger partial charge in [-0.15, -0.1) is 0 Å². The van der Waals surface area contributed by atoms with Gasteiger partial charge in [0.15, 0.2) is 0 Å². The number of rotatable bonds is 2. The van der Waals surface area contributed by atoms with E-state index >= 15 is 0 Å². The van der Waals surface area contributed by atoms with E-state index in [1.807, 2.05) is 38.2 Å². The van der Waals surface area contributed by atoms with E-state index < -0.39 is 0 Å². The molecule has 0 saturated heterocycles. The van der Waals surface area contributed by atoms with Crippen LogP contribution < -0.4 is 5.56 Å². The third kappa shape index (κ3) is 2.03. The Kier molecular flexibility index (Phi) is 2.86. The Labute approximate surface area is 94.4 Å². The predicted octanol–water partition coefficient (Wildman–Crippen LogP) is 2.49. The van der Waals surface area contributed by atoms with Gasteiger partial charge in [-0.05, 0) is 31.5 Å². The molecule has 3 heteroatoms. The molecule has 0 N–H and O–H groups in total. The van der Waals surface area contributed by atoms with Crippen molar-refractivity contribution in [2.45, 2.75) is 19.9 Å². The van der Waals surface area contributed by atoms with E-state index in [9.17, 15) is 4.79 Å². The zero-order valence-electron chi connectivity index (χ0n) is 9.42. The minimum atomic E-state index is 0.0302. The second kappa shape index (κ2) is 4.31. The van der Waals surface area contributed by atoms with Gasteiger partial charge in [0.2, 0.25) is 0 Å². The molecule has 16 heavy (non-hydrogen) atoms. The molecule has 82 valence electrons. The maximum Gasteiger partial charge on any atom is 0.250 e. The van der Waals surface area contributed by atoms with Gasteiger partial charge in [-0.2, -0.15) is 0 Å². The normalized spacial score (nSPS) is 10.7. The van der Waals surface area contributed by atoms with Crippen molar-refractivity contribution in [3.05, 3.63) is 53.2 Å². The summed E-state index contributed by atoms with van der Waals surface area (Å²) in [4.78, 5) is 15.7. The molecule has 0 saturated carbocycles. The van der Waals surface area contributed by atoms with Crippen molar-refractivity contribution in [2.75, 3.05) is 0 Å². The van der Waals surface area contributed by atoms with Crippen LogP contribution in [-0.2, 0) is 0 Å². The maximum atomic E-state index is 11.6. The van der Waals surface area contributed by atoms with Gasteiger partial charge in [-0.1, -0.05) is 6.07 Å². The zero-order chi connectivity index (χ0) is 11.5. The van der Waals surface area contributed by atoms with Crippen LogP contribution >= 0.6 is 0 Å². The summed E-state index contributed by atoms with van der Waals surface area (Å²) in [7, 11) is 0. The molecule has 0 amide bonds. The van der Waals surface area contributed by atoms with Gasteiger partial charge < -0.3 is 4.57 Å². The summed E-state index contributed by atoms with van der Waals surface area (Å²) in [5.41, 5.74) is 2.07. The maximum absolute atomic E-state index is 11.6. The lowest BCUT2D eigenvalue weighted by atomic mass is 10.1. The quantitative estimate of drug-likeness (QED) is 0.769. The molecule has 0 atom stereocenters. The topological polar surface area (TPSA) is 34.9 Å². The van der Waals surface area contributed by atoms with Crippen LogP contribution in [0.25, 0.3) is 11.1 Å². The predicted molar refractivity (Wildman–Crippen MR) is 64.3 cm³/mol. The number of pyridine rings is 2. The van der Waals surface area contributed by atoms with Crippen molar-refractivity contribution in [3.63, 3.8) is 0 Å². The van der Waals surface area contributed by atoms with Gasteiger partial charge in [0, 0.05) is 36.3 Å². The molecule has 2 aromatic heterocycles. The summed E-state index contributed by atoms with van der Waals surface area (Å²) < 4.78 is 1.72. The van der Waals surface area contributed by atoms with Crippen molar-refractivity contribution in [1.29, 1.82) is 0 Å².